The molecule has 0 spiro atoms. The summed E-state index contributed by atoms with van der Waals surface area (Å²) < 4.78 is 19.0. The Hall–Kier alpha value is -1.42. The van der Waals surface area contributed by atoms with Gasteiger partial charge in [0.25, 0.3) is 0 Å². The van der Waals surface area contributed by atoms with Crippen LogP contribution in [-0.2, 0) is 16.0 Å². The van der Waals surface area contributed by atoms with Crippen molar-refractivity contribution in [2.75, 3.05) is 13.2 Å². The number of morpholine rings is 1. The van der Waals surface area contributed by atoms with Gasteiger partial charge in [0, 0.05) is 6.54 Å². The second kappa shape index (κ2) is 5.48. The summed E-state index contributed by atoms with van der Waals surface area (Å²) in [7, 11) is 0. The van der Waals surface area contributed by atoms with Crippen molar-refractivity contribution in [2.45, 2.75) is 32.4 Å². The quantitative estimate of drug-likeness (QED) is 0.804. The first-order chi connectivity index (χ1) is 8.59. The number of hydrogen-bond acceptors (Lipinski definition) is 2. The van der Waals surface area contributed by atoms with E-state index in [0.717, 1.165) is 0 Å². The number of carbonyl (C=O) groups is 1. The summed E-state index contributed by atoms with van der Waals surface area (Å²) in [5.41, 5.74) is 0.453. The van der Waals surface area contributed by atoms with Crippen molar-refractivity contribution in [1.29, 1.82) is 0 Å². The molecule has 0 bridgehead atoms. The Morgan fingerprint density at radius 2 is 2.17 bits per heavy atom. The molecule has 0 aliphatic carbocycles. The molecule has 3 nitrogen and oxygen atoms in total. The summed E-state index contributed by atoms with van der Waals surface area (Å²) >= 11 is 0. The van der Waals surface area contributed by atoms with Gasteiger partial charge in [-0.05, 0) is 25.5 Å². The first-order valence-electron chi connectivity index (χ1n) is 6.24. The summed E-state index contributed by atoms with van der Waals surface area (Å²) in [6.07, 6.45) is 0.146. The van der Waals surface area contributed by atoms with Gasteiger partial charge in [-0.1, -0.05) is 18.2 Å². The SMILES string of the molecule is CC1OCCN(C(=O)Cc2ccccc2F)C1C. The van der Waals surface area contributed by atoms with Crippen molar-refractivity contribution in [1.82, 2.24) is 4.90 Å². The van der Waals surface area contributed by atoms with Crippen molar-refractivity contribution in [3.63, 3.8) is 0 Å². The smallest absolute Gasteiger partial charge is 0.227 e. The monoisotopic (exact) mass is 251 g/mol. The molecule has 1 aliphatic rings. The molecule has 2 atom stereocenters. The molecule has 0 aromatic heterocycles. The molecule has 0 saturated carbocycles. The van der Waals surface area contributed by atoms with Gasteiger partial charge in [-0.25, -0.2) is 4.39 Å². The van der Waals surface area contributed by atoms with Crippen molar-refractivity contribution >= 4 is 5.91 Å². The number of benzene rings is 1. The van der Waals surface area contributed by atoms with Gasteiger partial charge in [0.1, 0.15) is 5.82 Å². The third-order valence-corrected chi connectivity index (χ3v) is 3.50. The van der Waals surface area contributed by atoms with E-state index in [2.05, 4.69) is 0 Å². The van der Waals surface area contributed by atoms with Gasteiger partial charge >= 0.3 is 0 Å². The first-order valence-corrected chi connectivity index (χ1v) is 6.24. The van der Waals surface area contributed by atoms with Gasteiger partial charge in [-0.3, -0.25) is 4.79 Å². The van der Waals surface area contributed by atoms with E-state index in [1.54, 1.807) is 23.1 Å². The number of hydrogen-bond donors (Lipinski definition) is 0. The summed E-state index contributed by atoms with van der Waals surface area (Å²) in [6.45, 7) is 5.05. The topological polar surface area (TPSA) is 29.5 Å². The molecule has 0 N–H and O–H groups in total. The largest absolute Gasteiger partial charge is 0.375 e. The standard InChI is InChI=1S/C14H18FNO2/c1-10-11(2)18-8-7-16(10)14(17)9-12-5-3-4-6-13(12)15/h3-6,10-11H,7-9H2,1-2H3. The van der Waals surface area contributed by atoms with Gasteiger partial charge in [0.15, 0.2) is 0 Å². The first kappa shape index (κ1) is 13.0. The lowest BCUT2D eigenvalue weighted by molar-refractivity contribution is -0.143. The maximum atomic E-state index is 13.5. The maximum absolute atomic E-state index is 13.5. The summed E-state index contributed by atoms with van der Waals surface area (Å²) in [6, 6.07) is 6.45. The molecule has 1 heterocycles. The molecule has 1 aromatic rings. The zero-order valence-electron chi connectivity index (χ0n) is 10.7. The molecule has 1 amide bonds. The second-order valence-corrected chi connectivity index (χ2v) is 4.67. The van der Waals surface area contributed by atoms with Crippen LogP contribution in [0.25, 0.3) is 0 Å². The van der Waals surface area contributed by atoms with Crippen LogP contribution in [0.5, 0.6) is 0 Å². The van der Waals surface area contributed by atoms with Crippen LogP contribution in [0.2, 0.25) is 0 Å². The molecular formula is C14H18FNO2. The highest BCUT2D eigenvalue weighted by Gasteiger charge is 2.29. The third kappa shape index (κ3) is 2.70. The van der Waals surface area contributed by atoms with Crippen LogP contribution in [0.1, 0.15) is 19.4 Å². The lowest BCUT2D eigenvalue weighted by Crippen LogP contribution is -2.51. The highest BCUT2D eigenvalue weighted by atomic mass is 19.1. The fourth-order valence-corrected chi connectivity index (χ4v) is 2.19. The van der Waals surface area contributed by atoms with E-state index in [-0.39, 0.29) is 30.3 Å². The Kier molecular flexibility index (Phi) is 3.97. The average molecular weight is 251 g/mol. The number of amides is 1. The van der Waals surface area contributed by atoms with Crippen LogP contribution in [-0.4, -0.2) is 36.1 Å². The Bertz CT molecular complexity index is 436. The maximum Gasteiger partial charge on any atom is 0.227 e. The predicted molar refractivity (Wildman–Crippen MR) is 66.7 cm³/mol. The Morgan fingerprint density at radius 3 is 2.89 bits per heavy atom. The summed E-state index contributed by atoms with van der Waals surface area (Å²) in [4.78, 5) is 14.0. The zero-order chi connectivity index (χ0) is 13.1. The zero-order valence-corrected chi connectivity index (χ0v) is 10.7. The molecule has 2 rings (SSSR count). The molecule has 2 unspecified atom stereocenters. The molecule has 1 saturated heterocycles. The van der Waals surface area contributed by atoms with Crippen LogP contribution in [0.4, 0.5) is 4.39 Å². The van der Waals surface area contributed by atoms with Gasteiger partial charge < -0.3 is 9.64 Å². The number of rotatable bonds is 2. The normalized spacial score (nSPS) is 24.1. The summed E-state index contributed by atoms with van der Waals surface area (Å²) in [5.74, 6) is -0.359. The predicted octanol–water partition coefficient (Wildman–Crippen LogP) is 2.00. The molecule has 1 aromatic carbocycles. The number of halogens is 1. The molecule has 98 valence electrons. The van der Waals surface area contributed by atoms with Gasteiger partial charge in [0.05, 0.1) is 25.2 Å². The molecule has 0 radical (unpaired) electrons. The molecule has 18 heavy (non-hydrogen) atoms. The van der Waals surface area contributed by atoms with E-state index in [1.807, 2.05) is 13.8 Å². The Morgan fingerprint density at radius 1 is 1.44 bits per heavy atom. The minimum Gasteiger partial charge on any atom is -0.375 e. The fraction of sp³-hybridized carbons (Fsp3) is 0.500. The van der Waals surface area contributed by atoms with E-state index in [1.165, 1.54) is 6.07 Å². The number of ether oxygens (including phenoxy) is 1. The average Bonchev–Trinajstić information content (AvgIpc) is 2.35. The lowest BCUT2D eigenvalue weighted by Gasteiger charge is -2.38. The number of carbonyl (C=O) groups excluding carboxylic acids is 1. The van der Waals surface area contributed by atoms with Crippen molar-refractivity contribution in [2.24, 2.45) is 0 Å². The third-order valence-electron chi connectivity index (χ3n) is 3.50. The van der Waals surface area contributed by atoms with Crippen molar-refractivity contribution < 1.29 is 13.9 Å². The van der Waals surface area contributed by atoms with E-state index in [0.29, 0.717) is 18.7 Å². The minimum atomic E-state index is -0.320. The van der Waals surface area contributed by atoms with Crippen molar-refractivity contribution in [3.8, 4) is 0 Å². The molecule has 1 aliphatic heterocycles. The van der Waals surface area contributed by atoms with Crippen LogP contribution in [0.3, 0.4) is 0 Å². The number of nitrogens with zero attached hydrogens (tertiary/aromatic N) is 1. The van der Waals surface area contributed by atoms with Crippen molar-refractivity contribution in [3.05, 3.63) is 35.6 Å². The van der Waals surface area contributed by atoms with Crippen LogP contribution < -0.4 is 0 Å². The molecule has 4 heteroatoms. The van der Waals surface area contributed by atoms with Crippen LogP contribution in [0, 0.1) is 5.82 Å². The highest BCUT2D eigenvalue weighted by Crippen LogP contribution is 2.16. The fourth-order valence-electron chi connectivity index (χ4n) is 2.19. The Balaban J connectivity index is 2.06. The van der Waals surface area contributed by atoms with Crippen LogP contribution >= 0.6 is 0 Å². The van der Waals surface area contributed by atoms with E-state index >= 15 is 0 Å². The second-order valence-electron chi connectivity index (χ2n) is 4.67. The van der Waals surface area contributed by atoms with E-state index in [4.69, 9.17) is 4.74 Å². The van der Waals surface area contributed by atoms with E-state index in [9.17, 15) is 9.18 Å². The lowest BCUT2D eigenvalue weighted by atomic mass is 10.1. The van der Waals surface area contributed by atoms with E-state index < -0.39 is 0 Å². The van der Waals surface area contributed by atoms with Crippen LogP contribution in [0.15, 0.2) is 24.3 Å². The van der Waals surface area contributed by atoms with Gasteiger partial charge in [0.2, 0.25) is 5.91 Å². The molecule has 1 fully saturated rings. The van der Waals surface area contributed by atoms with Gasteiger partial charge in [-0.2, -0.15) is 0 Å². The van der Waals surface area contributed by atoms with Gasteiger partial charge in [-0.15, -0.1) is 0 Å². The minimum absolute atomic E-state index is 0.0309. The highest BCUT2D eigenvalue weighted by molar-refractivity contribution is 5.79. The molecular weight excluding hydrogens is 233 g/mol. The Labute approximate surface area is 107 Å². The summed E-state index contributed by atoms with van der Waals surface area (Å²) in [5, 5.41) is 0.